The number of hydrogen-bond acceptors (Lipinski definition) is 4. The Balaban J connectivity index is 1.91. The summed E-state index contributed by atoms with van der Waals surface area (Å²) in [5.41, 5.74) is 0.513. The summed E-state index contributed by atoms with van der Waals surface area (Å²) in [6.45, 7) is 3.98. The van der Waals surface area contributed by atoms with Crippen LogP contribution in [-0.4, -0.2) is 34.1 Å². The molecule has 6 heteroatoms. The number of carbonyl (C=O) groups excluding carboxylic acids is 1. The molecular weight excluding hydrogens is 296 g/mol. The molecule has 1 aromatic heterocycles. The van der Waals surface area contributed by atoms with Gasteiger partial charge in [-0.2, -0.15) is 0 Å². The molecule has 0 aromatic carbocycles. The molecule has 1 unspecified atom stereocenters. The largest absolute Gasteiger partial charge is 0.481 e. The third-order valence-electron chi connectivity index (χ3n) is 4.31. The average Bonchev–Trinajstić information content (AvgIpc) is 2.55. The zero-order valence-corrected chi connectivity index (χ0v) is 13.6. The molecule has 2 rings (SSSR count). The Kier molecular flexibility index (Phi) is 5.96. The van der Waals surface area contributed by atoms with Gasteiger partial charge in [0.05, 0.1) is 12.0 Å². The molecule has 0 saturated heterocycles. The van der Waals surface area contributed by atoms with Crippen LogP contribution in [0.4, 0.5) is 0 Å². The summed E-state index contributed by atoms with van der Waals surface area (Å²) in [4.78, 5) is 27.4. The standard InChI is InChI=1S/C17H24N2O4/c1-3-11(2)23-15-10-13(8-9-18-15)16(20)19-14-6-4-12(5-7-14)17(21)22/h8-12,14H,3-7H2,1-2H3,(H,19,20)(H,21,22). The van der Waals surface area contributed by atoms with Gasteiger partial charge in [0.2, 0.25) is 5.88 Å². The van der Waals surface area contributed by atoms with E-state index in [4.69, 9.17) is 9.84 Å². The van der Waals surface area contributed by atoms with Crippen LogP contribution in [0.15, 0.2) is 18.3 Å². The van der Waals surface area contributed by atoms with Crippen molar-refractivity contribution >= 4 is 11.9 Å². The van der Waals surface area contributed by atoms with Gasteiger partial charge in [-0.1, -0.05) is 6.92 Å². The fraction of sp³-hybridized carbons (Fsp3) is 0.588. The maximum absolute atomic E-state index is 12.3. The van der Waals surface area contributed by atoms with Gasteiger partial charge >= 0.3 is 5.97 Å². The fourth-order valence-electron chi connectivity index (χ4n) is 2.66. The first-order valence-electron chi connectivity index (χ1n) is 8.16. The van der Waals surface area contributed by atoms with E-state index >= 15 is 0 Å². The molecule has 1 heterocycles. The number of ether oxygens (including phenoxy) is 1. The van der Waals surface area contributed by atoms with Crippen LogP contribution in [0.2, 0.25) is 0 Å². The Hall–Kier alpha value is -2.11. The summed E-state index contributed by atoms with van der Waals surface area (Å²) in [7, 11) is 0. The van der Waals surface area contributed by atoms with Gasteiger partial charge in [-0.15, -0.1) is 0 Å². The summed E-state index contributed by atoms with van der Waals surface area (Å²) < 4.78 is 5.63. The lowest BCUT2D eigenvalue weighted by Crippen LogP contribution is -2.38. The minimum Gasteiger partial charge on any atom is -0.481 e. The maximum atomic E-state index is 12.3. The molecule has 0 bridgehead atoms. The van der Waals surface area contributed by atoms with Crippen LogP contribution in [0.5, 0.6) is 5.88 Å². The Labute approximate surface area is 136 Å². The molecular formula is C17H24N2O4. The van der Waals surface area contributed by atoms with E-state index in [0.29, 0.717) is 37.1 Å². The van der Waals surface area contributed by atoms with Gasteiger partial charge in [0.25, 0.3) is 5.91 Å². The van der Waals surface area contributed by atoms with Crippen LogP contribution in [0.25, 0.3) is 0 Å². The number of pyridine rings is 1. The highest BCUT2D eigenvalue weighted by molar-refractivity contribution is 5.94. The van der Waals surface area contributed by atoms with Crippen molar-refractivity contribution < 1.29 is 19.4 Å². The number of aromatic nitrogens is 1. The first-order chi connectivity index (χ1) is 11.0. The minimum absolute atomic E-state index is 0.0326. The maximum Gasteiger partial charge on any atom is 0.306 e. The summed E-state index contributed by atoms with van der Waals surface area (Å²) in [6.07, 6.45) is 5.09. The number of carbonyl (C=O) groups is 2. The molecule has 23 heavy (non-hydrogen) atoms. The molecule has 1 aliphatic carbocycles. The first kappa shape index (κ1) is 17.2. The van der Waals surface area contributed by atoms with E-state index in [9.17, 15) is 9.59 Å². The van der Waals surface area contributed by atoms with Crippen LogP contribution in [0, 0.1) is 5.92 Å². The zero-order valence-electron chi connectivity index (χ0n) is 13.6. The molecule has 0 spiro atoms. The van der Waals surface area contributed by atoms with E-state index in [0.717, 1.165) is 6.42 Å². The number of aliphatic carboxylic acids is 1. The average molecular weight is 320 g/mol. The molecule has 2 N–H and O–H groups in total. The van der Waals surface area contributed by atoms with Crippen LogP contribution in [0.1, 0.15) is 56.3 Å². The van der Waals surface area contributed by atoms with Gasteiger partial charge in [0.15, 0.2) is 0 Å². The van der Waals surface area contributed by atoms with Crippen molar-refractivity contribution in [3.63, 3.8) is 0 Å². The third-order valence-corrected chi connectivity index (χ3v) is 4.31. The number of carboxylic acids is 1. The van der Waals surface area contributed by atoms with E-state index in [-0.39, 0.29) is 24.0 Å². The fourth-order valence-corrected chi connectivity index (χ4v) is 2.66. The van der Waals surface area contributed by atoms with Crippen molar-refractivity contribution in [2.75, 3.05) is 0 Å². The van der Waals surface area contributed by atoms with Crippen molar-refractivity contribution in [1.82, 2.24) is 10.3 Å². The molecule has 1 fully saturated rings. The van der Waals surface area contributed by atoms with Crippen LogP contribution in [-0.2, 0) is 4.79 Å². The summed E-state index contributed by atoms with van der Waals surface area (Å²) in [5, 5.41) is 12.0. The Morgan fingerprint density at radius 2 is 2.09 bits per heavy atom. The van der Waals surface area contributed by atoms with Gasteiger partial charge in [0, 0.05) is 23.9 Å². The van der Waals surface area contributed by atoms with Crippen molar-refractivity contribution in [3.05, 3.63) is 23.9 Å². The van der Waals surface area contributed by atoms with Crippen molar-refractivity contribution in [1.29, 1.82) is 0 Å². The van der Waals surface area contributed by atoms with Crippen LogP contribution < -0.4 is 10.1 Å². The predicted molar refractivity (Wildman–Crippen MR) is 85.5 cm³/mol. The highest BCUT2D eigenvalue weighted by atomic mass is 16.5. The lowest BCUT2D eigenvalue weighted by molar-refractivity contribution is -0.142. The predicted octanol–water partition coefficient (Wildman–Crippen LogP) is 2.63. The molecule has 1 amide bonds. The van der Waals surface area contributed by atoms with Crippen molar-refractivity contribution in [3.8, 4) is 5.88 Å². The normalized spacial score (nSPS) is 22.2. The second kappa shape index (κ2) is 7.94. The number of nitrogens with one attached hydrogen (secondary N) is 1. The summed E-state index contributed by atoms with van der Waals surface area (Å²) >= 11 is 0. The Morgan fingerprint density at radius 3 is 2.70 bits per heavy atom. The number of carboxylic acid groups (broad SMARTS) is 1. The Morgan fingerprint density at radius 1 is 1.39 bits per heavy atom. The second-order valence-corrected chi connectivity index (χ2v) is 6.08. The van der Waals surface area contributed by atoms with Crippen molar-refractivity contribution in [2.45, 2.75) is 58.1 Å². The highest BCUT2D eigenvalue weighted by Gasteiger charge is 2.26. The van der Waals surface area contributed by atoms with Crippen LogP contribution in [0.3, 0.4) is 0 Å². The van der Waals surface area contributed by atoms with E-state index in [1.807, 2.05) is 13.8 Å². The number of rotatable bonds is 6. The van der Waals surface area contributed by atoms with Gasteiger partial charge in [-0.05, 0) is 45.1 Å². The van der Waals surface area contributed by atoms with Gasteiger partial charge in [-0.25, -0.2) is 4.98 Å². The lowest BCUT2D eigenvalue weighted by atomic mass is 9.86. The van der Waals surface area contributed by atoms with Crippen molar-refractivity contribution in [2.24, 2.45) is 5.92 Å². The topological polar surface area (TPSA) is 88.5 Å². The van der Waals surface area contributed by atoms with E-state index < -0.39 is 5.97 Å². The molecule has 126 valence electrons. The van der Waals surface area contributed by atoms with Crippen LogP contribution >= 0.6 is 0 Å². The smallest absolute Gasteiger partial charge is 0.306 e. The molecule has 0 radical (unpaired) electrons. The van der Waals surface area contributed by atoms with E-state index in [1.54, 1.807) is 18.3 Å². The van der Waals surface area contributed by atoms with Gasteiger partial charge < -0.3 is 15.2 Å². The molecule has 1 saturated carbocycles. The second-order valence-electron chi connectivity index (χ2n) is 6.08. The molecule has 0 aliphatic heterocycles. The highest BCUT2D eigenvalue weighted by Crippen LogP contribution is 2.24. The quantitative estimate of drug-likeness (QED) is 0.841. The Bertz CT molecular complexity index is 553. The molecule has 1 aromatic rings. The number of nitrogens with zero attached hydrogens (tertiary/aromatic N) is 1. The summed E-state index contributed by atoms with van der Waals surface area (Å²) in [6, 6.07) is 3.33. The summed E-state index contributed by atoms with van der Waals surface area (Å²) in [5.74, 6) is -0.739. The molecule has 1 atom stereocenters. The minimum atomic E-state index is -0.740. The molecule has 1 aliphatic rings. The number of hydrogen-bond donors (Lipinski definition) is 2. The van der Waals surface area contributed by atoms with E-state index in [1.165, 1.54) is 0 Å². The molecule has 6 nitrogen and oxygen atoms in total. The van der Waals surface area contributed by atoms with Gasteiger partial charge in [0.1, 0.15) is 0 Å². The lowest BCUT2D eigenvalue weighted by Gasteiger charge is -2.26. The number of amides is 1. The SMILES string of the molecule is CCC(C)Oc1cc(C(=O)NC2CCC(C(=O)O)CC2)ccn1. The zero-order chi connectivity index (χ0) is 16.8. The van der Waals surface area contributed by atoms with Gasteiger partial charge in [-0.3, -0.25) is 9.59 Å². The van der Waals surface area contributed by atoms with E-state index in [2.05, 4.69) is 10.3 Å². The first-order valence-corrected chi connectivity index (χ1v) is 8.16. The monoisotopic (exact) mass is 320 g/mol. The third kappa shape index (κ3) is 4.94.